The number of rotatable bonds is 9. The number of nitrogens with zero attached hydrogens (tertiary/aromatic N) is 5. The fourth-order valence-electron chi connectivity index (χ4n) is 2.16. The van der Waals surface area contributed by atoms with Crippen LogP contribution in [0.4, 0.5) is 5.69 Å². The quantitative estimate of drug-likeness (QED) is 0.534. The first kappa shape index (κ1) is 19.4. The van der Waals surface area contributed by atoms with E-state index in [2.05, 4.69) is 34.0 Å². The van der Waals surface area contributed by atoms with Crippen molar-refractivity contribution in [2.24, 2.45) is 0 Å². The second kappa shape index (κ2) is 9.52. The molecule has 1 aromatic heterocycles. The number of aromatic nitrogens is 4. The van der Waals surface area contributed by atoms with Gasteiger partial charge in [0.05, 0.1) is 11.4 Å². The van der Waals surface area contributed by atoms with Gasteiger partial charge >= 0.3 is 0 Å². The number of tetrazole rings is 1. The molecular formula is C17H20N6O2S. The van der Waals surface area contributed by atoms with E-state index in [-0.39, 0.29) is 17.6 Å². The normalized spacial score (nSPS) is 10.2. The summed E-state index contributed by atoms with van der Waals surface area (Å²) in [6.45, 7) is 9.66. The van der Waals surface area contributed by atoms with Crippen molar-refractivity contribution in [3.05, 3.63) is 49.6 Å². The highest BCUT2D eigenvalue weighted by atomic mass is 32.2. The highest BCUT2D eigenvalue weighted by molar-refractivity contribution is 7.99. The maximum absolute atomic E-state index is 12.3. The molecular weight excluding hydrogens is 352 g/mol. The van der Waals surface area contributed by atoms with Crippen LogP contribution in [-0.2, 0) is 9.59 Å². The zero-order chi connectivity index (χ0) is 18.9. The second-order valence-corrected chi connectivity index (χ2v) is 6.21. The molecule has 1 heterocycles. The monoisotopic (exact) mass is 372 g/mol. The summed E-state index contributed by atoms with van der Waals surface area (Å²) in [5, 5.41) is 14.8. The molecule has 26 heavy (non-hydrogen) atoms. The van der Waals surface area contributed by atoms with Gasteiger partial charge in [-0.05, 0) is 28.6 Å². The zero-order valence-electron chi connectivity index (χ0n) is 14.5. The molecule has 0 bridgehead atoms. The molecule has 1 aromatic carbocycles. The summed E-state index contributed by atoms with van der Waals surface area (Å²) in [5.74, 6) is -0.0343. The lowest BCUT2D eigenvalue weighted by Crippen LogP contribution is -2.32. The number of thioether (sulfide) groups is 1. The van der Waals surface area contributed by atoms with E-state index in [1.54, 1.807) is 35.3 Å². The Labute approximate surface area is 155 Å². The van der Waals surface area contributed by atoms with Gasteiger partial charge in [0, 0.05) is 25.7 Å². The molecule has 8 nitrogen and oxygen atoms in total. The minimum atomic E-state index is -0.163. The van der Waals surface area contributed by atoms with Gasteiger partial charge in [-0.15, -0.1) is 18.3 Å². The molecule has 0 aliphatic rings. The van der Waals surface area contributed by atoms with Crippen molar-refractivity contribution in [2.75, 3.05) is 24.2 Å². The summed E-state index contributed by atoms with van der Waals surface area (Å²) in [5.41, 5.74) is 1.32. The highest BCUT2D eigenvalue weighted by Crippen LogP contribution is 2.20. The summed E-state index contributed by atoms with van der Waals surface area (Å²) in [4.78, 5) is 25.2. The summed E-state index contributed by atoms with van der Waals surface area (Å²) in [6, 6.07) is 7.13. The average molecular weight is 372 g/mol. The van der Waals surface area contributed by atoms with Crippen LogP contribution in [0.5, 0.6) is 0 Å². The molecule has 136 valence electrons. The van der Waals surface area contributed by atoms with Gasteiger partial charge in [0.25, 0.3) is 0 Å². The van der Waals surface area contributed by atoms with Crippen LogP contribution in [0, 0.1) is 0 Å². The molecule has 1 N–H and O–H groups in total. The summed E-state index contributed by atoms with van der Waals surface area (Å²) >= 11 is 1.24. The van der Waals surface area contributed by atoms with E-state index in [1.807, 2.05) is 6.07 Å². The number of anilines is 1. The first-order valence-corrected chi connectivity index (χ1v) is 8.82. The number of benzene rings is 1. The van der Waals surface area contributed by atoms with Crippen molar-refractivity contribution in [2.45, 2.75) is 12.1 Å². The van der Waals surface area contributed by atoms with E-state index < -0.39 is 0 Å². The van der Waals surface area contributed by atoms with Crippen molar-refractivity contribution in [1.82, 2.24) is 25.1 Å². The van der Waals surface area contributed by atoms with Gasteiger partial charge in [-0.1, -0.05) is 30.0 Å². The molecule has 9 heteroatoms. The van der Waals surface area contributed by atoms with Crippen LogP contribution in [0.15, 0.2) is 54.7 Å². The first-order chi connectivity index (χ1) is 12.5. The topological polar surface area (TPSA) is 93.0 Å². The van der Waals surface area contributed by atoms with Crippen LogP contribution in [0.3, 0.4) is 0 Å². The van der Waals surface area contributed by atoms with E-state index in [9.17, 15) is 9.59 Å². The van der Waals surface area contributed by atoms with Crippen LogP contribution in [0.2, 0.25) is 0 Å². The number of hydrogen-bond donors (Lipinski definition) is 1. The molecule has 0 aliphatic heterocycles. The van der Waals surface area contributed by atoms with Gasteiger partial charge in [0.1, 0.15) is 0 Å². The Hall–Kier alpha value is -2.94. The van der Waals surface area contributed by atoms with Crippen LogP contribution < -0.4 is 5.32 Å². The zero-order valence-corrected chi connectivity index (χ0v) is 15.3. The maximum Gasteiger partial charge on any atom is 0.233 e. The minimum Gasteiger partial charge on any atom is -0.335 e. The number of amides is 2. The first-order valence-electron chi connectivity index (χ1n) is 7.84. The third-order valence-electron chi connectivity index (χ3n) is 3.23. The summed E-state index contributed by atoms with van der Waals surface area (Å²) < 4.78 is 1.52. The van der Waals surface area contributed by atoms with Gasteiger partial charge in [-0.3, -0.25) is 9.59 Å². The highest BCUT2D eigenvalue weighted by Gasteiger charge is 2.15. The minimum absolute atomic E-state index is 0.0589. The van der Waals surface area contributed by atoms with Gasteiger partial charge in [-0.2, -0.15) is 4.68 Å². The molecule has 0 saturated heterocycles. The SMILES string of the molecule is C=CCN(CC=C)C(=O)CSc1nnnn1-c1cccc(NC(C)=O)c1. The Morgan fingerprint density at radius 3 is 2.69 bits per heavy atom. The molecule has 2 amide bonds. The average Bonchev–Trinajstić information content (AvgIpc) is 3.07. The molecule has 0 radical (unpaired) electrons. The third kappa shape index (κ3) is 5.28. The molecule has 0 atom stereocenters. The predicted octanol–water partition coefficient (Wildman–Crippen LogP) is 1.91. The Kier molecular flexibility index (Phi) is 7.10. The van der Waals surface area contributed by atoms with Crippen LogP contribution >= 0.6 is 11.8 Å². The van der Waals surface area contributed by atoms with Crippen LogP contribution in [0.25, 0.3) is 5.69 Å². The van der Waals surface area contributed by atoms with Gasteiger partial charge < -0.3 is 10.2 Å². The molecule has 0 spiro atoms. The molecule has 2 rings (SSSR count). The largest absolute Gasteiger partial charge is 0.335 e. The summed E-state index contributed by atoms with van der Waals surface area (Å²) in [6.07, 6.45) is 3.34. The lowest BCUT2D eigenvalue weighted by molar-refractivity contribution is -0.127. The fourth-order valence-corrected chi connectivity index (χ4v) is 2.95. The Balaban J connectivity index is 2.11. The Morgan fingerprint density at radius 2 is 2.04 bits per heavy atom. The van der Waals surface area contributed by atoms with Gasteiger partial charge in [0.2, 0.25) is 17.0 Å². The lowest BCUT2D eigenvalue weighted by atomic mass is 10.3. The van der Waals surface area contributed by atoms with E-state index in [1.165, 1.54) is 23.4 Å². The van der Waals surface area contributed by atoms with E-state index in [4.69, 9.17) is 0 Å². The van der Waals surface area contributed by atoms with E-state index in [0.29, 0.717) is 29.6 Å². The molecule has 0 saturated carbocycles. The Bertz CT molecular complexity index is 794. The van der Waals surface area contributed by atoms with E-state index in [0.717, 1.165) is 0 Å². The van der Waals surface area contributed by atoms with Crippen molar-refractivity contribution < 1.29 is 9.59 Å². The molecule has 2 aromatic rings. The lowest BCUT2D eigenvalue weighted by Gasteiger charge is -2.18. The third-order valence-corrected chi connectivity index (χ3v) is 4.13. The van der Waals surface area contributed by atoms with Crippen molar-refractivity contribution >= 4 is 29.3 Å². The maximum atomic E-state index is 12.3. The van der Waals surface area contributed by atoms with Crippen LogP contribution in [0.1, 0.15) is 6.92 Å². The van der Waals surface area contributed by atoms with Gasteiger partial charge in [0.15, 0.2) is 0 Å². The van der Waals surface area contributed by atoms with Gasteiger partial charge in [-0.25, -0.2) is 0 Å². The van der Waals surface area contributed by atoms with Crippen molar-refractivity contribution in [3.63, 3.8) is 0 Å². The second-order valence-electron chi connectivity index (χ2n) is 5.27. The van der Waals surface area contributed by atoms with Crippen molar-refractivity contribution in [3.8, 4) is 5.69 Å². The smallest absolute Gasteiger partial charge is 0.233 e. The predicted molar refractivity (Wildman–Crippen MR) is 101 cm³/mol. The van der Waals surface area contributed by atoms with Crippen molar-refractivity contribution in [1.29, 1.82) is 0 Å². The number of hydrogen-bond acceptors (Lipinski definition) is 6. The van der Waals surface area contributed by atoms with Crippen LogP contribution in [-0.4, -0.2) is 55.8 Å². The molecule has 0 fully saturated rings. The number of carbonyl (C=O) groups is 2. The summed E-state index contributed by atoms with van der Waals surface area (Å²) in [7, 11) is 0. The molecule has 0 unspecified atom stereocenters. The fraction of sp³-hybridized carbons (Fsp3) is 0.235. The Morgan fingerprint density at radius 1 is 1.31 bits per heavy atom. The van der Waals surface area contributed by atoms with E-state index >= 15 is 0 Å². The standard InChI is InChI=1S/C17H20N6O2S/c1-4-9-22(10-5-2)16(25)12-26-17-19-20-21-23(17)15-8-6-7-14(11-15)18-13(3)24/h4-8,11H,1-2,9-10,12H2,3H3,(H,18,24). The molecule has 0 aliphatic carbocycles. The number of nitrogens with one attached hydrogen (secondary N) is 1. The number of carbonyl (C=O) groups excluding carboxylic acids is 2.